The molecule has 0 saturated carbocycles. The number of esters is 2. The molecule has 5 heteroatoms. The Balaban J connectivity index is 2.03. The van der Waals surface area contributed by atoms with Crippen LogP contribution in [-0.4, -0.2) is 24.2 Å². The van der Waals surface area contributed by atoms with E-state index in [2.05, 4.69) is 10.1 Å². The molecule has 1 aromatic rings. The average molecular weight is 263 g/mol. The average Bonchev–Trinajstić information content (AvgIpc) is 2.87. The number of ether oxygens (including phenoxy) is 2. The Labute approximate surface area is 111 Å². The molecule has 0 bridgehead atoms. The number of carbonyl (C=O) groups excluding carboxylic acids is 2. The van der Waals surface area contributed by atoms with Crippen LogP contribution in [0.25, 0.3) is 0 Å². The maximum atomic E-state index is 12.0. The van der Waals surface area contributed by atoms with Crippen molar-refractivity contribution in [1.29, 1.82) is 0 Å². The Kier molecular flexibility index (Phi) is 4.29. The van der Waals surface area contributed by atoms with Crippen molar-refractivity contribution in [2.45, 2.75) is 32.1 Å². The minimum atomic E-state index is -1.19. The molecule has 19 heavy (non-hydrogen) atoms. The molecule has 0 aromatic heterocycles. The lowest BCUT2D eigenvalue weighted by Gasteiger charge is -2.26. The van der Waals surface area contributed by atoms with Gasteiger partial charge in [-0.15, -0.1) is 0 Å². The highest BCUT2D eigenvalue weighted by molar-refractivity contribution is 5.89. The van der Waals surface area contributed by atoms with Gasteiger partial charge in [0.05, 0.1) is 6.61 Å². The van der Waals surface area contributed by atoms with E-state index in [4.69, 9.17) is 4.74 Å². The fourth-order valence-corrected chi connectivity index (χ4v) is 2.07. The maximum Gasteiger partial charge on any atom is 0.361 e. The van der Waals surface area contributed by atoms with E-state index in [-0.39, 0.29) is 0 Å². The molecule has 0 amide bonds. The van der Waals surface area contributed by atoms with Gasteiger partial charge in [0.15, 0.2) is 0 Å². The Morgan fingerprint density at radius 2 is 2.05 bits per heavy atom. The number of hydrogen-bond acceptors (Lipinski definition) is 5. The third-order valence-corrected chi connectivity index (χ3v) is 3.01. The summed E-state index contributed by atoms with van der Waals surface area (Å²) in [7, 11) is 0. The van der Waals surface area contributed by atoms with Gasteiger partial charge in [0.2, 0.25) is 5.72 Å². The molecule has 1 aromatic carbocycles. The van der Waals surface area contributed by atoms with Crippen LogP contribution in [0.3, 0.4) is 0 Å². The van der Waals surface area contributed by atoms with E-state index >= 15 is 0 Å². The molecular weight excluding hydrogens is 246 g/mol. The minimum absolute atomic E-state index is 0.293. The predicted octanol–water partition coefficient (Wildman–Crippen LogP) is 1.37. The molecule has 1 N–H and O–H groups in total. The van der Waals surface area contributed by atoms with Crippen molar-refractivity contribution in [3.8, 4) is 0 Å². The number of carbonyl (C=O) groups is 2. The molecule has 2 rings (SSSR count). The van der Waals surface area contributed by atoms with Gasteiger partial charge in [-0.05, 0) is 18.5 Å². The van der Waals surface area contributed by atoms with Gasteiger partial charge in [-0.1, -0.05) is 30.3 Å². The Bertz CT molecular complexity index is 452. The van der Waals surface area contributed by atoms with Crippen LogP contribution in [0.15, 0.2) is 30.3 Å². The van der Waals surface area contributed by atoms with Gasteiger partial charge >= 0.3 is 11.9 Å². The molecule has 0 aliphatic carbocycles. The molecule has 1 heterocycles. The molecule has 0 radical (unpaired) electrons. The first-order chi connectivity index (χ1) is 9.12. The molecule has 5 nitrogen and oxygen atoms in total. The van der Waals surface area contributed by atoms with E-state index in [9.17, 15) is 9.59 Å². The smallest absolute Gasteiger partial charge is 0.361 e. The lowest BCUT2D eigenvalue weighted by atomic mass is 10.1. The fraction of sp³-hybridized carbons (Fsp3) is 0.429. The van der Waals surface area contributed by atoms with Crippen LogP contribution in [-0.2, 0) is 25.7 Å². The van der Waals surface area contributed by atoms with Gasteiger partial charge in [-0.25, -0.2) is 4.79 Å². The summed E-state index contributed by atoms with van der Waals surface area (Å²) in [4.78, 5) is 22.9. The van der Waals surface area contributed by atoms with Crippen molar-refractivity contribution in [2.75, 3.05) is 6.54 Å². The first kappa shape index (κ1) is 13.7. The van der Waals surface area contributed by atoms with Crippen LogP contribution in [0.1, 0.15) is 25.3 Å². The summed E-state index contributed by atoms with van der Waals surface area (Å²) in [6.45, 7) is 2.17. The summed E-state index contributed by atoms with van der Waals surface area (Å²) in [6, 6.07) is 9.55. The Hall–Kier alpha value is -1.72. The molecule has 1 aliphatic rings. The van der Waals surface area contributed by atoms with Crippen LogP contribution in [0.5, 0.6) is 0 Å². The molecule has 1 fully saturated rings. The largest absolute Gasteiger partial charge is 0.390 e. The summed E-state index contributed by atoms with van der Waals surface area (Å²) in [5, 5.41) is 3.00. The molecular formula is C14H17NO4. The lowest BCUT2D eigenvalue weighted by molar-refractivity contribution is -0.182. The van der Waals surface area contributed by atoms with Crippen molar-refractivity contribution in [3.63, 3.8) is 0 Å². The second-order valence-electron chi connectivity index (χ2n) is 4.51. The second-order valence-corrected chi connectivity index (χ2v) is 4.51. The van der Waals surface area contributed by atoms with Gasteiger partial charge < -0.3 is 9.47 Å². The molecule has 102 valence electrons. The predicted molar refractivity (Wildman–Crippen MR) is 68.0 cm³/mol. The Morgan fingerprint density at radius 3 is 2.63 bits per heavy atom. The summed E-state index contributed by atoms with van der Waals surface area (Å²) in [5.74, 6) is -1.28. The van der Waals surface area contributed by atoms with E-state index in [0.717, 1.165) is 12.0 Å². The van der Waals surface area contributed by atoms with E-state index in [1.165, 1.54) is 6.92 Å². The normalized spacial score (nSPS) is 22.2. The number of benzene rings is 1. The Morgan fingerprint density at radius 1 is 1.32 bits per heavy atom. The van der Waals surface area contributed by atoms with Crippen molar-refractivity contribution in [2.24, 2.45) is 0 Å². The zero-order valence-corrected chi connectivity index (χ0v) is 10.8. The number of rotatable bonds is 4. The summed E-state index contributed by atoms with van der Waals surface area (Å²) >= 11 is 0. The third kappa shape index (κ3) is 3.39. The summed E-state index contributed by atoms with van der Waals surface area (Å²) in [6.07, 6.45) is 1.31. The van der Waals surface area contributed by atoms with Gasteiger partial charge in [0.25, 0.3) is 0 Å². The lowest BCUT2D eigenvalue weighted by Crippen LogP contribution is -2.51. The molecule has 0 spiro atoms. The molecule has 1 atom stereocenters. The zero-order chi connectivity index (χ0) is 13.7. The standard InChI is InChI=1S/C14H17NO4/c1-11(16)19-13(17)14(8-5-9-15-14)18-10-12-6-3-2-4-7-12/h2-4,6-7,15H,5,8-10H2,1H3/t14-/m1/s1. The van der Waals surface area contributed by atoms with Crippen LogP contribution in [0, 0.1) is 0 Å². The van der Waals surface area contributed by atoms with E-state index < -0.39 is 17.7 Å². The van der Waals surface area contributed by atoms with E-state index in [0.29, 0.717) is 19.6 Å². The van der Waals surface area contributed by atoms with Crippen molar-refractivity contribution >= 4 is 11.9 Å². The number of nitrogens with one attached hydrogen (secondary N) is 1. The third-order valence-electron chi connectivity index (χ3n) is 3.01. The quantitative estimate of drug-likeness (QED) is 0.656. The van der Waals surface area contributed by atoms with E-state index in [1.54, 1.807) is 0 Å². The maximum absolute atomic E-state index is 12.0. The summed E-state index contributed by atoms with van der Waals surface area (Å²) < 4.78 is 10.4. The van der Waals surface area contributed by atoms with Crippen LogP contribution in [0.4, 0.5) is 0 Å². The molecule has 1 saturated heterocycles. The zero-order valence-electron chi connectivity index (χ0n) is 10.8. The first-order valence-electron chi connectivity index (χ1n) is 6.28. The molecule has 1 aliphatic heterocycles. The second kappa shape index (κ2) is 5.95. The van der Waals surface area contributed by atoms with Gasteiger partial charge in [0.1, 0.15) is 0 Å². The highest BCUT2D eigenvalue weighted by Gasteiger charge is 2.44. The first-order valence-corrected chi connectivity index (χ1v) is 6.28. The highest BCUT2D eigenvalue weighted by Crippen LogP contribution is 2.24. The van der Waals surface area contributed by atoms with Gasteiger partial charge in [0, 0.05) is 13.3 Å². The monoisotopic (exact) mass is 263 g/mol. The summed E-state index contributed by atoms with van der Waals surface area (Å²) in [5.41, 5.74) is -0.229. The topological polar surface area (TPSA) is 64.6 Å². The van der Waals surface area contributed by atoms with E-state index in [1.807, 2.05) is 30.3 Å². The van der Waals surface area contributed by atoms with Crippen molar-refractivity contribution in [3.05, 3.63) is 35.9 Å². The van der Waals surface area contributed by atoms with Crippen molar-refractivity contribution < 1.29 is 19.1 Å². The number of hydrogen-bond donors (Lipinski definition) is 1. The van der Waals surface area contributed by atoms with Crippen LogP contribution < -0.4 is 5.32 Å². The highest BCUT2D eigenvalue weighted by atomic mass is 16.6. The van der Waals surface area contributed by atoms with Crippen LogP contribution >= 0.6 is 0 Å². The SMILES string of the molecule is CC(=O)OC(=O)[C@]1(OCc2ccccc2)CCCN1. The fourth-order valence-electron chi connectivity index (χ4n) is 2.07. The minimum Gasteiger partial charge on any atom is -0.390 e. The van der Waals surface area contributed by atoms with Gasteiger partial charge in [-0.2, -0.15) is 0 Å². The van der Waals surface area contributed by atoms with Crippen molar-refractivity contribution in [1.82, 2.24) is 5.32 Å². The van der Waals surface area contributed by atoms with Crippen LogP contribution in [0.2, 0.25) is 0 Å². The molecule has 0 unspecified atom stereocenters. The van der Waals surface area contributed by atoms with Gasteiger partial charge in [-0.3, -0.25) is 10.1 Å².